The van der Waals surface area contributed by atoms with Crippen LogP contribution in [-0.4, -0.2) is 51.6 Å². The van der Waals surface area contributed by atoms with Crippen molar-refractivity contribution in [2.75, 3.05) is 20.2 Å². The smallest absolute Gasteiger partial charge is 0.244 e. The van der Waals surface area contributed by atoms with Crippen LogP contribution in [0.4, 0.5) is 0 Å². The second-order valence-corrected chi connectivity index (χ2v) is 7.36. The lowest BCUT2D eigenvalue weighted by Gasteiger charge is -2.21. The number of aromatic nitrogens is 3. The van der Waals surface area contributed by atoms with Crippen LogP contribution in [0.5, 0.6) is 5.75 Å². The molecule has 0 atom stereocenters. The molecule has 0 saturated heterocycles. The van der Waals surface area contributed by atoms with Crippen LogP contribution in [0, 0.1) is 0 Å². The topological polar surface area (TPSA) is 77.3 Å². The summed E-state index contributed by atoms with van der Waals surface area (Å²) in [4.78, 5) is 31.8. The van der Waals surface area contributed by atoms with E-state index in [2.05, 4.69) is 10.1 Å². The summed E-state index contributed by atoms with van der Waals surface area (Å²) in [5.41, 5.74) is 1.31. The van der Waals surface area contributed by atoms with Gasteiger partial charge < -0.3 is 9.64 Å². The highest BCUT2D eigenvalue weighted by molar-refractivity contribution is 6.29. The van der Waals surface area contributed by atoms with E-state index in [1.807, 2.05) is 18.7 Å². The van der Waals surface area contributed by atoms with Gasteiger partial charge in [0.05, 0.1) is 12.6 Å². The Balaban J connectivity index is 2.02. The molecule has 1 amide bonds. The molecule has 1 aromatic carbocycles. The number of halogens is 1. The maximum absolute atomic E-state index is 13.1. The first-order valence-electron chi connectivity index (χ1n) is 9.97. The van der Waals surface area contributed by atoms with Crippen LogP contribution in [0.3, 0.4) is 0 Å². The van der Waals surface area contributed by atoms with Crippen molar-refractivity contribution in [3.63, 3.8) is 0 Å². The summed E-state index contributed by atoms with van der Waals surface area (Å²) in [7, 11) is 1.57. The van der Waals surface area contributed by atoms with Gasteiger partial charge in [-0.25, -0.2) is 4.98 Å². The van der Waals surface area contributed by atoms with Crippen LogP contribution < -0.4 is 4.74 Å². The van der Waals surface area contributed by atoms with E-state index in [4.69, 9.17) is 16.3 Å². The predicted molar refractivity (Wildman–Crippen MR) is 116 cm³/mol. The number of hydrogen-bond donors (Lipinski definition) is 0. The fourth-order valence-electron chi connectivity index (χ4n) is 3.34. The summed E-state index contributed by atoms with van der Waals surface area (Å²) in [5, 5.41) is 5.47. The number of carbonyl (C=O) groups is 2. The Bertz CT molecular complexity index is 1040. The molecule has 30 heavy (non-hydrogen) atoms. The van der Waals surface area contributed by atoms with Gasteiger partial charge in [0.25, 0.3) is 0 Å². The SMILES string of the molecule is CCCN(CCC)C(=O)Cn1nc(C(=O)c2ccc(Cl)nc2)c2ccc(OC)cc21. The van der Waals surface area contributed by atoms with Crippen molar-refractivity contribution >= 4 is 34.2 Å². The Morgan fingerprint density at radius 3 is 2.47 bits per heavy atom. The maximum Gasteiger partial charge on any atom is 0.244 e. The van der Waals surface area contributed by atoms with Crippen LogP contribution in [0.2, 0.25) is 5.15 Å². The van der Waals surface area contributed by atoms with Crippen molar-refractivity contribution in [1.29, 1.82) is 0 Å². The van der Waals surface area contributed by atoms with Gasteiger partial charge in [-0.05, 0) is 37.1 Å². The van der Waals surface area contributed by atoms with E-state index in [1.54, 1.807) is 42.1 Å². The number of hydrogen-bond acceptors (Lipinski definition) is 5. The van der Waals surface area contributed by atoms with Crippen molar-refractivity contribution in [1.82, 2.24) is 19.7 Å². The molecule has 158 valence electrons. The van der Waals surface area contributed by atoms with Crippen LogP contribution in [-0.2, 0) is 11.3 Å². The molecule has 0 spiro atoms. The molecule has 2 aromatic heterocycles. The average Bonchev–Trinajstić information content (AvgIpc) is 3.11. The van der Waals surface area contributed by atoms with E-state index in [0.717, 1.165) is 12.8 Å². The number of amides is 1. The number of fused-ring (bicyclic) bond motifs is 1. The third kappa shape index (κ3) is 4.62. The first-order valence-corrected chi connectivity index (χ1v) is 10.3. The first-order chi connectivity index (χ1) is 14.5. The molecule has 7 nitrogen and oxygen atoms in total. The minimum Gasteiger partial charge on any atom is -0.497 e. The molecule has 0 aliphatic carbocycles. The lowest BCUT2D eigenvalue weighted by molar-refractivity contribution is -0.132. The molecular formula is C22H25ClN4O3. The number of ketones is 1. The summed E-state index contributed by atoms with van der Waals surface area (Å²) in [6.45, 7) is 5.52. The summed E-state index contributed by atoms with van der Waals surface area (Å²) < 4.78 is 6.91. The third-order valence-corrected chi connectivity index (χ3v) is 5.01. The van der Waals surface area contributed by atoms with Crippen LogP contribution >= 0.6 is 11.6 Å². The molecule has 3 rings (SSSR count). The number of carbonyl (C=O) groups excluding carboxylic acids is 2. The van der Waals surface area contributed by atoms with Gasteiger partial charge in [-0.15, -0.1) is 0 Å². The Morgan fingerprint density at radius 1 is 1.13 bits per heavy atom. The molecule has 0 aliphatic heterocycles. The van der Waals surface area contributed by atoms with Gasteiger partial charge in [0.2, 0.25) is 11.7 Å². The highest BCUT2D eigenvalue weighted by atomic mass is 35.5. The van der Waals surface area contributed by atoms with E-state index < -0.39 is 0 Å². The van der Waals surface area contributed by atoms with Crippen LogP contribution in [0.1, 0.15) is 42.7 Å². The average molecular weight is 429 g/mol. The van der Waals surface area contributed by atoms with Crippen molar-refractivity contribution in [2.24, 2.45) is 0 Å². The van der Waals surface area contributed by atoms with E-state index >= 15 is 0 Å². The monoisotopic (exact) mass is 428 g/mol. The third-order valence-electron chi connectivity index (χ3n) is 4.79. The summed E-state index contributed by atoms with van der Waals surface area (Å²) >= 11 is 5.83. The van der Waals surface area contributed by atoms with Gasteiger partial charge in [-0.3, -0.25) is 14.3 Å². The van der Waals surface area contributed by atoms with Gasteiger partial charge in [0.15, 0.2) is 0 Å². The maximum atomic E-state index is 13.1. The summed E-state index contributed by atoms with van der Waals surface area (Å²) in [6.07, 6.45) is 3.19. The minimum atomic E-state index is -0.278. The van der Waals surface area contributed by atoms with E-state index in [1.165, 1.54) is 6.20 Å². The van der Waals surface area contributed by atoms with Crippen molar-refractivity contribution in [2.45, 2.75) is 33.2 Å². The standard InChI is InChI=1S/C22H25ClN4O3/c1-4-10-26(11-5-2)20(28)14-27-18-12-16(30-3)7-8-17(18)21(25-27)22(29)15-6-9-19(23)24-13-15/h6-9,12-13H,4-5,10-11,14H2,1-3H3. The van der Waals surface area contributed by atoms with Crippen LogP contribution in [0.15, 0.2) is 36.5 Å². The van der Waals surface area contributed by atoms with Gasteiger partial charge in [0.1, 0.15) is 23.1 Å². The predicted octanol–water partition coefficient (Wildman–Crippen LogP) is 3.97. The summed E-state index contributed by atoms with van der Waals surface area (Å²) in [5.74, 6) is 0.319. The van der Waals surface area contributed by atoms with Crippen molar-refractivity contribution < 1.29 is 14.3 Å². The number of ether oxygens (including phenoxy) is 1. The van der Waals surface area contributed by atoms with Gasteiger partial charge in [-0.2, -0.15) is 5.10 Å². The number of benzene rings is 1. The first kappa shape index (κ1) is 21.8. The van der Waals surface area contributed by atoms with Crippen LogP contribution in [0.25, 0.3) is 10.9 Å². The van der Waals surface area contributed by atoms with E-state index in [9.17, 15) is 9.59 Å². The second-order valence-electron chi connectivity index (χ2n) is 6.97. The normalized spacial score (nSPS) is 10.9. The van der Waals surface area contributed by atoms with Crippen molar-refractivity contribution in [3.05, 3.63) is 52.9 Å². The van der Waals surface area contributed by atoms with Gasteiger partial charge in [0, 0.05) is 36.3 Å². The Kier molecular flexibility index (Phi) is 7.05. The zero-order chi connectivity index (χ0) is 21.7. The molecule has 0 saturated carbocycles. The van der Waals surface area contributed by atoms with E-state index in [-0.39, 0.29) is 23.9 Å². The summed E-state index contributed by atoms with van der Waals surface area (Å²) in [6, 6.07) is 8.52. The largest absolute Gasteiger partial charge is 0.497 e. The molecule has 8 heteroatoms. The quantitative estimate of drug-likeness (QED) is 0.380. The molecule has 0 fully saturated rings. The lowest BCUT2D eigenvalue weighted by Crippen LogP contribution is -2.35. The number of rotatable bonds is 9. The fourth-order valence-corrected chi connectivity index (χ4v) is 3.46. The second kappa shape index (κ2) is 9.71. The molecule has 0 radical (unpaired) electrons. The molecule has 3 aromatic rings. The van der Waals surface area contributed by atoms with Crippen molar-refractivity contribution in [3.8, 4) is 5.75 Å². The fraction of sp³-hybridized carbons (Fsp3) is 0.364. The molecule has 0 aliphatic rings. The molecule has 0 unspecified atom stereocenters. The molecule has 0 N–H and O–H groups in total. The molecule has 2 heterocycles. The molecular weight excluding hydrogens is 404 g/mol. The number of methoxy groups -OCH3 is 1. The zero-order valence-electron chi connectivity index (χ0n) is 17.4. The lowest BCUT2D eigenvalue weighted by atomic mass is 10.1. The highest BCUT2D eigenvalue weighted by Crippen LogP contribution is 2.26. The van der Waals surface area contributed by atoms with Gasteiger partial charge >= 0.3 is 0 Å². The zero-order valence-corrected chi connectivity index (χ0v) is 18.1. The highest BCUT2D eigenvalue weighted by Gasteiger charge is 2.22. The Labute approximate surface area is 180 Å². The number of pyridine rings is 1. The van der Waals surface area contributed by atoms with E-state index in [0.29, 0.717) is 40.5 Å². The van der Waals surface area contributed by atoms with Gasteiger partial charge in [-0.1, -0.05) is 25.4 Å². The Morgan fingerprint density at radius 2 is 1.87 bits per heavy atom. The Hall–Kier alpha value is -2.93. The molecule has 0 bridgehead atoms. The number of nitrogens with zero attached hydrogens (tertiary/aromatic N) is 4. The minimum absolute atomic E-state index is 0.0296.